The van der Waals surface area contributed by atoms with E-state index in [9.17, 15) is 9.90 Å². The molecule has 3 nitrogen and oxygen atoms in total. The largest absolute Gasteiger partial charge is 0.507 e. The molecule has 5 heteroatoms. The Labute approximate surface area is 91.8 Å². The second kappa shape index (κ2) is 4.07. The van der Waals surface area contributed by atoms with Crippen LogP contribution in [0.2, 0.25) is 10.0 Å². The zero-order valence-corrected chi connectivity index (χ0v) is 9.23. The van der Waals surface area contributed by atoms with Crippen molar-refractivity contribution < 1.29 is 9.90 Å². The van der Waals surface area contributed by atoms with Crippen LogP contribution in [0.1, 0.15) is 10.4 Å². The molecular formula is C9H9Cl2NO2. The third-order valence-electron chi connectivity index (χ3n) is 1.65. The van der Waals surface area contributed by atoms with Crippen molar-refractivity contribution >= 4 is 29.1 Å². The molecule has 1 aromatic carbocycles. The number of hydrogen-bond acceptors (Lipinski definition) is 2. The molecule has 1 aromatic rings. The van der Waals surface area contributed by atoms with Crippen LogP contribution in [0.5, 0.6) is 5.75 Å². The summed E-state index contributed by atoms with van der Waals surface area (Å²) in [7, 11) is 3.15. The van der Waals surface area contributed by atoms with Crippen molar-refractivity contribution in [2.24, 2.45) is 0 Å². The first-order valence-electron chi connectivity index (χ1n) is 3.83. The van der Waals surface area contributed by atoms with Crippen molar-refractivity contribution in [2.75, 3.05) is 14.1 Å². The van der Waals surface area contributed by atoms with Crippen molar-refractivity contribution in [1.82, 2.24) is 4.90 Å². The molecule has 0 saturated carbocycles. The molecule has 0 spiro atoms. The Hall–Kier alpha value is -0.930. The first kappa shape index (κ1) is 11.1. The third kappa shape index (κ3) is 2.11. The van der Waals surface area contributed by atoms with Crippen LogP contribution in [0.25, 0.3) is 0 Å². The van der Waals surface area contributed by atoms with Gasteiger partial charge in [0.05, 0.1) is 10.6 Å². The summed E-state index contributed by atoms with van der Waals surface area (Å²) >= 11 is 11.4. The highest BCUT2D eigenvalue weighted by Crippen LogP contribution is 2.30. The zero-order chi connectivity index (χ0) is 10.9. The summed E-state index contributed by atoms with van der Waals surface area (Å²) in [5, 5.41) is 9.92. The lowest BCUT2D eigenvalue weighted by Crippen LogP contribution is -2.22. The highest BCUT2D eigenvalue weighted by molar-refractivity contribution is 6.37. The van der Waals surface area contributed by atoms with Crippen molar-refractivity contribution in [3.8, 4) is 5.75 Å². The summed E-state index contributed by atoms with van der Waals surface area (Å²) in [6.45, 7) is 0. The summed E-state index contributed by atoms with van der Waals surface area (Å²) in [6.07, 6.45) is 0. The lowest BCUT2D eigenvalue weighted by molar-refractivity contribution is 0.0825. The highest BCUT2D eigenvalue weighted by atomic mass is 35.5. The standard InChI is InChI=1S/C9H9Cl2NO2/c1-12(2)9(14)8-6(11)3-5(10)4-7(8)13/h3-4,13H,1-2H3. The summed E-state index contributed by atoms with van der Waals surface area (Å²) in [4.78, 5) is 12.9. The number of hydrogen-bond donors (Lipinski definition) is 1. The Kier molecular flexibility index (Phi) is 3.24. The number of carbonyl (C=O) groups excluding carboxylic acids is 1. The molecule has 14 heavy (non-hydrogen) atoms. The molecule has 0 aliphatic rings. The minimum atomic E-state index is -0.357. The number of amides is 1. The number of aromatic hydroxyl groups is 1. The van der Waals surface area contributed by atoms with E-state index in [-0.39, 0.29) is 22.2 Å². The van der Waals surface area contributed by atoms with Crippen LogP contribution in [-0.2, 0) is 0 Å². The fourth-order valence-electron chi connectivity index (χ4n) is 0.995. The van der Waals surface area contributed by atoms with Crippen molar-refractivity contribution in [3.05, 3.63) is 27.7 Å². The maximum absolute atomic E-state index is 11.5. The summed E-state index contributed by atoms with van der Waals surface area (Å²) in [5.74, 6) is -0.564. The number of carbonyl (C=O) groups is 1. The second-order valence-corrected chi connectivity index (χ2v) is 3.82. The Balaban J connectivity index is 3.28. The predicted molar refractivity (Wildman–Crippen MR) is 56.1 cm³/mol. The van der Waals surface area contributed by atoms with E-state index in [1.54, 1.807) is 14.1 Å². The first-order valence-corrected chi connectivity index (χ1v) is 4.58. The number of nitrogens with zero attached hydrogens (tertiary/aromatic N) is 1. The van der Waals surface area contributed by atoms with Gasteiger partial charge in [0.15, 0.2) is 0 Å². The van der Waals surface area contributed by atoms with E-state index in [0.717, 1.165) is 0 Å². The van der Waals surface area contributed by atoms with Crippen LogP contribution in [0, 0.1) is 0 Å². The van der Waals surface area contributed by atoms with Crippen LogP contribution < -0.4 is 0 Å². The molecule has 0 bridgehead atoms. The summed E-state index contributed by atoms with van der Waals surface area (Å²) in [5.41, 5.74) is 0.0704. The molecule has 0 fully saturated rings. The van der Waals surface area contributed by atoms with Gasteiger partial charge in [0.25, 0.3) is 5.91 Å². The third-order valence-corrected chi connectivity index (χ3v) is 2.17. The monoisotopic (exact) mass is 233 g/mol. The van der Waals surface area contributed by atoms with Gasteiger partial charge in [-0.1, -0.05) is 23.2 Å². The number of benzene rings is 1. The topological polar surface area (TPSA) is 40.5 Å². The average molecular weight is 234 g/mol. The molecular weight excluding hydrogens is 225 g/mol. The SMILES string of the molecule is CN(C)C(=O)c1c(O)cc(Cl)cc1Cl. The van der Waals surface area contributed by atoms with Gasteiger partial charge in [-0.2, -0.15) is 0 Å². The van der Waals surface area contributed by atoms with E-state index in [1.807, 2.05) is 0 Å². The van der Waals surface area contributed by atoms with E-state index in [1.165, 1.54) is 17.0 Å². The number of phenolic OH excluding ortho intramolecular Hbond substituents is 1. The molecule has 0 unspecified atom stereocenters. The van der Waals surface area contributed by atoms with E-state index in [2.05, 4.69) is 0 Å². The molecule has 0 aliphatic carbocycles. The number of rotatable bonds is 1. The van der Waals surface area contributed by atoms with Gasteiger partial charge in [-0.25, -0.2) is 0 Å². The predicted octanol–water partition coefficient (Wildman–Crippen LogP) is 2.40. The minimum absolute atomic E-state index is 0.0704. The summed E-state index contributed by atoms with van der Waals surface area (Å²) < 4.78 is 0. The van der Waals surface area contributed by atoms with Gasteiger partial charge in [-0.05, 0) is 12.1 Å². The smallest absolute Gasteiger partial charge is 0.258 e. The van der Waals surface area contributed by atoms with Gasteiger partial charge < -0.3 is 10.0 Å². The van der Waals surface area contributed by atoms with E-state index in [4.69, 9.17) is 23.2 Å². The van der Waals surface area contributed by atoms with E-state index >= 15 is 0 Å². The zero-order valence-electron chi connectivity index (χ0n) is 7.71. The molecule has 0 aromatic heterocycles. The van der Waals surface area contributed by atoms with Crippen molar-refractivity contribution in [1.29, 1.82) is 0 Å². The molecule has 0 radical (unpaired) electrons. The van der Waals surface area contributed by atoms with Crippen LogP contribution in [0.4, 0.5) is 0 Å². The van der Waals surface area contributed by atoms with Gasteiger partial charge in [0.2, 0.25) is 0 Å². The Morgan fingerprint density at radius 2 is 1.93 bits per heavy atom. The van der Waals surface area contributed by atoms with Crippen molar-refractivity contribution in [2.45, 2.75) is 0 Å². The molecule has 76 valence electrons. The lowest BCUT2D eigenvalue weighted by Gasteiger charge is -2.12. The minimum Gasteiger partial charge on any atom is -0.507 e. The fraction of sp³-hybridized carbons (Fsp3) is 0.222. The van der Waals surface area contributed by atoms with Crippen LogP contribution >= 0.6 is 23.2 Å². The maximum atomic E-state index is 11.5. The quantitative estimate of drug-likeness (QED) is 0.810. The van der Waals surface area contributed by atoms with E-state index < -0.39 is 0 Å². The maximum Gasteiger partial charge on any atom is 0.258 e. The van der Waals surface area contributed by atoms with Crippen LogP contribution in [0.15, 0.2) is 12.1 Å². The second-order valence-electron chi connectivity index (χ2n) is 2.98. The summed E-state index contributed by atoms with van der Waals surface area (Å²) in [6, 6.07) is 2.70. The van der Waals surface area contributed by atoms with Crippen molar-refractivity contribution in [3.63, 3.8) is 0 Å². The Morgan fingerprint density at radius 3 is 2.36 bits per heavy atom. The van der Waals surface area contributed by atoms with Crippen LogP contribution in [-0.4, -0.2) is 30.0 Å². The molecule has 0 atom stereocenters. The van der Waals surface area contributed by atoms with Gasteiger partial charge >= 0.3 is 0 Å². The van der Waals surface area contributed by atoms with Gasteiger partial charge in [-0.3, -0.25) is 4.79 Å². The van der Waals surface area contributed by atoms with Gasteiger partial charge in [0.1, 0.15) is 5.75 Å². The molecule has 0 aliphatic heterocycles. The molecule has 1 rings (SSSR count). The Morgan fingerprint density at radius 1 is 1.36 bits per heavy atom. The van der Waals surface area contributed by atoms with Gasteiger partial charge in [-0.15, -0.1) is 0 Å². The lowest BCUT2D eigenvalue weighted by atomic mass is 10.2. The van der Waals surface area contributed by atoms with Gasteiger partial charge in [0, 0.05) is 19.1 Å². The number of phenols is 1. The van der Waals surface area contributed by atoms with E-state index in [0.29, 0.717) is 5.02 Å². The molecule has 1 N–H and O–H groups in total. The number of halogens is 2. The molecule has 0 heterocycles. The fourth-order valence-corrected chi connectivity index (χ4v) is 1.56. The molecule has 0 saturated heterocycles. The normalized spacial score (nSPS) is 10.0. The average Bonchev–Trinajstić information content (AvgIpc) is 2.01. The molecule has 1 amide bonds. The van der Waals surface area contributed by atoms with Crippen LogP contribution in [0.3, 0.4) is 0 Å². The first-order chi connectivity index (χ1) is 6.43. The Bertz CT molecular complexity index is 354. The highest BCUT2D eigenvalue weighted by Gasteiger charge is 2.17.